The monoisotopic (exact) mass is 391 g/mol. The lowest BCUT2D eigenvalue weighted by molar-refractivity contribution is 0.102. The fourth-order valence-corrected chi connectivity index (χ4v) is 2.87. The van der Waals surface area contributed by atoms with Gasteiger partial charge >= 0.3 is 0 Å². The Labute approximate surface area is 153 Å². The molecule has 0 spiro atoms. The number of para-hydroxylation sites is 2. The second-order valence-corrected chi connectivity index (χ2v) is 6.56. The molecule has 1 heterocycles. The number of halogens is 1. The van der Waals surface area contributed by atoms with Crippen LogP contribution < -0.4 is 5.32 Å². The Hall–Kier alpha value is -2.92. The van der Waals surface area contributed by atoms with Crippen molar-refractivity contribution in [1.29, 1.82) is 0 Å². The molecule has 0 radical (unpaired) electrons. The van der Waals surface area contributed by atoms with Crippen LogP contribution in [0.2, 0.25) is 0 Å². The quantitative estimate of drug-likeness (QED) is 0.501. The van der Waals surface area contributed by atoms with E-state index in [9.17, 15) is 4.79 Å². The number of benzene rings is 3. The second-order valence-electron chi connectivity index (χ2n) is 5.64. The smallest absolute Gasteiger partial charge is 0.255 e. The molecule has 0 unspecified atom stereocenters. The van der Waals surface area contributed by atoms with Gasteiger partial charge in [-0.2, -0.15) is 0 Å². The van der Waals surface area contributed by atoms with Crippen molar-refractivity contribution < 1.29 is 4.79 Å². The number of carbonyl (C=O) groups excluding carboxylic acids is 1. The van der Waals surface area contributed by atoms with Gasteiger partial charge in [0.1, 0.15) is 5.82 Å². The van der Waals surface area contributed by atoms with Crippen LogP contribution in [-0.4, -0.2) is 15.9 Å². The summed E-state index contributed by atoms with van der Waals surface area (Å²) in [4.78, 5) is 20.1. The number of H-pyrrole nitrogens is 1. The number of aromatic amines is 1. The Morgan fingerprint density at radius 1 is 0.920 bits per heavy atom. The number of aromatic nitrogens is 2. The average Bonchev–Trinajstić information content (AvgIpc) is 3.07. The third-order valence-corrected chi connectivity index (χ3v) is 4.44. The predicted octanol–water partition coefficient (Wildman–Crippen LogP) is 5.24. The summed E-state index contributed by atoms with van der Waals surface area (Å²) in [7, 11) is 0. The van der Waals surface area contributed by atoms with E-state index in [0.29, 0.717) is 5.56 Å². The van der Waals surface area contributed by atoms with E-state index in [0.717, 1.165) is 32.6 Å². The van der Waals surface area contributed by atoms with Gasteiger partial charge in [0.15, 0.2) is 0 Å². The van der Waals surface area contributed by atoms with Crippen molar-refractivity contribution in [3.63, 3.8) is 0 Å². The highest BCUT2D eigenvalue weighted by molar-refractivity contribution is 9.10. The van der Waals surface area contributed by atoms with E-state index in [2.05, 4.69) is 31.2 Å². The summed E-state index contributed by atoms with van der Waals surface area (Å²) in [6.07, 6.45) is 0. The molecule has 2 N–H and O–H groups in total. The van der Waals surface area contributed by atoms with E-state index >= 15 is 0 Å². The van der Waals surface area contributed by atoms with Crippen LogP contribution in [0.25, 0.3) is 22.4 Å². The molecular weight excluding hydrogens is 378 g/mol. The maximum atomic E-state index is 12.3. The lowest BCUT2D eigenvalue weighted by Crippen LogP contribution is -2.11. The lowest BCUT2D eigenvalue weighted by Gasteiger charge is -2.06. The molecule has 0 fully saturated rings. The fourth-order valence-electron chi connectivity index (χ4n) is 2.61. The summed E-state index contributed by atoms with van der Waals surface area (Å²) < 4.78 is 0.944. The van der Waals surface area contributed by atoms with Crippen LogP contribution in [0.15, 0.2) is 77.3 Å². The van der Waals surface area contributed by atoms with Gasteiger partial charge in [-0.1, -0.05) is 28.1 Å². The summed E-state index contributed by atoms with van der Waals surface area (Å²) in [6.45, 7) is 0. The van der Waals surface area contributed by atoms with Crippen LogP contribution in [0.1, 0.15) is 10.4 Å². The first-order valence-electron chi connectivity index (χ1n) is 7.81. The molecule has 4 aromatic rings. The van der Waals surface area contributed by atoms with Gasteiger partial charge in [-0.25, -0.2) is 4.98 Å². The number of imidazole rings is 1. The van der Waals surface area contributed by atoms with E-state index in [-0.39, 0.29) is 5.91 Å². The summed E-state index contributed by atoms with van der Waals surface area (Å²) in [6, 6.07) is 22.8. The summed E-state index contributed by atoms with van der Waals surface area (Å²) in [5.41, 5.74) is 4.27. The Balaban J connectivity index is 1.53. The van der Waals surface area contributed by atoms with Crippen LogP contribution in [0.4, 0.5) is 5.69 Å². The summed E-state index contributed by atoms with van der Waals surface area (Å²) in [5, 5.41) is 2.90. The number of nitrogens with zero attached hydrogens (tertiary/aromatic N) is 1. The van der Waals surface area contributed by atoms with Gasteiger partial charge in [0.2, 0.25) is 0 Å². The van der Waals surface area contributed by atoms with Crippen molar-refractivity contribution in [3.8, 4) is 11.4 Å². The van der Waals surface area contributed by atoms with Gasteiger partial charge in [-0.05, 0) is 60.7 Å². The van der Waals surface area contributed by atoms with E-state index in [1.165, 1.54) is 0 Å². The zero-order valence-corrected chi connectivity index (χ0v) is 14.7. The molecule has 25 heavy (non-hydrogen) atoms. The van der Waals surface area contributed by atoms with Gasteiger partial charge in [0.05, 0.1) is 11.0 Å². The molecule has 3 aromatic carbocycles. The van der Waals surface area contributed by atoms with Crippen molar-refractivity contribution in [2.45, 2.75) is 0 Å². The van der Waals surface area contributed by atoms with Crippen molar-refractivity contribution in [1.82, 2.24) is 9.97 Å². The Kier molecular flexibility index (Phi) is 4.07. The maximum Gasteiger partial charge on any atom is 0.255 e. The highest BCUT2D eigenvalue weighted by atomic mass is 79.9. The minimum absolute atomic E-state index is 0.135. The SMILES string of the molecule is O=C(Nc1ccc(-c2nc3ccccc3[nH]2)cc1)c1ccc(Br)cc1. The van der Waals surface area contributed by atoms with Gasteiger partial charge in [0.25, 0.3) is 5.91 Å². The fraction of sp³-hybridized carbons (Fsp3) is 0. The number of nitrogens with one attached hydrogen (secondary N) is 2. The highest BCUT2D eigenvalue weighted by Gasteiger charge is 2.08. The molecule has 4 nitrogen and oxygen atoms in total. The van der Waals surface area contributed by atoms with Crippen LogP contribution in [0.3, 0.4) is 0 Å². The third kappa shape index (κ3) is 3.32. The lowest BCUT2D eigenvalue weighted by atomic mass is 10.1. The first-order chi connectivity index (χ1) is 12.2. The second kappa shape index (κ2) is 6.53. The van der Waals surface area contributed by atoms with Crippen LogP contribution in [0.5, 0.6) is 0 Å². The number of anilines is 1. The van der Waals surface area contributed by atoms with Crippen LogP contribution >= 0.6 is 15.9 Å². The molecule has 0 saturated carbocycles. The number of hydrogen-bond acceptors (Lipinski definition) is 2. The largest absolute Gasteiger partial charge is 0.338 e. The first-order valence-corrected chi connectivity index (χ1v) is 8.60. The standard InChI is InChI=1S/C20H14BrN3O/c21-15-9-5-14(6-10-15)20(25)22-16-11-7-13(8-12-16)19-23-17-3-1-2-4-18(17)24-19/h1-12H,(H,22,25)(H,23,24). The molecule has 0 saturated heterocycles. The molecule has 0 aliphatic heterocycles. The number of amides is 1. The van der Waals surface area contributed by atoms with Crippen molar-refractivity contribution in [2.24, 2.45) is 0 Å². The molecule has 5 heteroatoms. The number of fused-ring (bicyclic) bond motifs is 1. The van der Waals surface area contributed by atoms with Gasteiger partial charge in [-0.3, -0.25) is 4.79 Å². The van der Waals surface area contributed by atoms with E-state index in [1.807, 2.05) is 60.7 Å². The molecule has 1 amide bonds. The topological polar surface area (TPSA) is 57.8 Å². The number of carbonyl (C=O) groups is 1. The molecule has 4 rings (SSSR count). The minimum Gasteiger partial charge on any atom is -0.338 e. The Bertz CT molecular complexity index is 1000. The van der Waals surface area contributed by atoms with Crippen molar-refractivity contribution in [3.05, 3.63) is 82.8 Å². The zero-order chi connectivity index (χ0) is 17.2. The minimum atomic E-state index is -0.135. The molecule has 0 aliphatic rings. The maximum absolute atomic E-state index is 12.3. The normalized spacial score (nSPS) is 10.8. The van der Waals surface area contributed by atoms with E-state index < -0.39 is 0 Å². The first kappa shape index (κ1) is 15.6. The average molecular weight is 392 g/mol. The molecular formula is C20H14BrN3O. The van der Waals surface area contributed by atoms with Crippen molar-refractivity contribution in [2.75, 3.05) is 5.32 Å². The molecule has 1 aromatic heterocycles. The molecule has 122 valence electrons. The van der Waals surface area contributed by atoms with E-state index in [1.54, 1.807) is 12.1 Å². The Morgan fingerprint density at radius 3 is 2.36 bits per heavy atom. The van der Waals surface area contributed by atoms with Gasteiger partial charge in [-0.15, -0.1) is 0 Å². The van der Waals surface area contributed by atoms with Crippen molar-refractivity contribution >= 4 is 38.6 Å². The molecule has 0 atom stereocenters. The predicted molar refractivity (Wildman–Crippen MR) is 104 cm³/mol. The van der Waals surface area contributed by atoms with Gasteiger partial charge in [0, 0.05) is 21.3 Å². The van der Waals surface area contributed by atoms with E-state index in [4.69, 9.17) is 0 Å². The Morgan fingerprint density at radius 2 is 1.64 bits per heavy atom. The third-order valence-electron chi connectivity index (χ3n) is 3.91. The van der Waals surface area contributed by atoms with Gasteiger partial charge < -0.3 is 10.3 Å². The van der Waals surface area contributed by atoms with Crippen LogP contribution in [-0.2, 0) is 0 Å². The summed E-state index contributed by atoms with van der Waals surface area (Å²) >= 11 is 3.36. The summed E-state index contributed by atoms with van der Waals surface area (Å²) in [5.74, 6) is 0.677. The molecule has 0 bridgehead atoms. The zero-order valence-electron chi connectivity index (χ0n) is 13.2. The molecule has 0 aliphatic carbocycles. The van der Waals surface area contributed by atoms with Crippen LogP contribution in [0, 0.1) is 0 Å². The number of rotatable bonds is 3. The number of hydrogen-bond donors (Lipinski definition) is 2. The highest BCUT2D eigenvalue weighted by Crippen LogP contribution is 2.22.